The van der Waals surface area contributed by atoms with Gasteiger partial charge in [-0.05, 0) is 24.6 Å². The van der Waals surface area contributed by atoms with Crippen molar-refractivity contribution in [3.05, 3.63) is 28.0 Å². The van der Waals surface area contributed by atoms with Crippen LogP contribution in [0.3, 0.4) is 0 Å². The molecule has 0 unspecified atom stereocenters. The van der Waals surface area contributed by atoms with Gasteiger partial charge in [-0.3, -0.25) is 0 Å². The van der Waals surface area contributed by atoms with Gasteiger partial charge in [0.25, 0.3) is 0 Å². The van der Waals surface area contributed by atoms with E-state index in [1.807, 2.05) is 12.1 Å². The first-order valence-corrected chi connectivity index (χ1v) is 7.03. The molecule has 3 heteroatoms. The highest BCUT2D eigenvalue weighted by atomic mass is 32.1. The second-order valence-corrected chi connectivity index (χ2v) is 5.10. The molecule has 0 atom stereocenters. The minimum atomic E-state index is -0.924. The molecule has 1 heterocycles. The summed E-state index contributed by atoms with van der Waals surface area (Å²) in [4.78, 5) is 12.3. The summed E-state index contributed by atoms with van der Waals surface area (Å²) >= 11 is 1.52. The standard InChI is InChI=1S/C15H18O2S/c1-2-3-4-5-6-7-8-13-9-10-14(18-13)11-12-15(16)17/h9-12H,2-6H2,1H3,(H,16,17)/b12-11+. The topological polar surface area (TPSA) is 37.3 Å². The molecule has 0 radical (unpaired) electrons. The zero-order chi connectivity index (χ0) is 13.2. The molecule has 0 aromatic carbocycles. The van der Waals surface area contributed by atoms with E-state index in [1.165, 1.54) is 30.6 Å². The van der Waals surface area contributed by atoms with Crippen molar-refractivity contribution >= 4 is 23.4 Å². The fourth-order valence-electron chi connectivity index (χ4n) is 1.45. The molecule has 0 saturated carbocycles. The van der Waals surface area contributed by atoms with Crippen molar-refractivity contribution < 1.29 is 9.90 Å². The number of rotatable bonds is 6. The number of carboxylic acids is 1. The summed E-state index contributed by atoms with van der Waals surface area (Å²) in [7, 11) is 0. The Labute approximate surface area is 112 Å². The van der Waals surface area contributed by atoms with Crippen molar-refractivity contribution in [2.75, 3.05) is 0 Å². The van der Waals surface area contributed by atoms with Crippen LogP contribution >= 0.6 is 11.3 Å². The van der Waals surface area contributed by atoms with Crippen molar-refractivity contribution in [1.82, 2.24) is 0 Å². The number of thiophene rings is 1. The lowest BCUT2D eigenvalue weighted by atomic mass is 10.2. The van der Waals surface area contributed by atoms with Crippen molar-refractivity contribution in [1.29, 1.82) is 0 Å². The van der Waals surface area contributed by atoms with Crippen molar-refractivity contribution in [2.24, 2.45) is 0 Å². The lowest BCUT2D eigenvalue weighted by Gasteiger charge is -1.91. The van der Waals surface area contributed by atoms with Gasteiger partial charge in [0.2, 0.25) is 0 Å². The smallest absolute Gasteiger partial charge is 0.328 e. The Morgan fingerprint density at radius 1 is 1.39 bits per heavy atom. The molecule has 18 heavy (non-hydrogen) atoms. The molecule has 0 bridgehead atoms. The van der Waals surface area contributed by atoms with E-state index in [2.05, 4.69) is 18.8 Å². The van der Waals surface area contributed by atoms with E-state index in [0.29, 0.717) is 0 Å². The van der Waals surface area contributed by atoms with Crippen molar-refractivity contribution in [3.63, 3.8) is 0 Å². The summed E-state index contributed by atoms with van der Waals surface area (Å²) in [6, 6.07) is 3.83. The fourth-order valence-corrected chi connectivity index (χ4v) is 2.24. The third kappa shape index (κ3) is 6.27. The molecule has 1 aromatic heterocycles. The molecule has 0 spiro atoms. The van der Waals surface area contributed by atoms with Crippen LogP contribution in [0.1, 0.15) is 48.8 Å². The van der Waals surface area contributed by atoms with Crippen LogP contribution < -0.4 is 0 Å². The monoisotopic (exact) mass is 262 g/mol. The maximum Gasteiger partial charge on any atom is 0.328 e. The van der Waals surface area contributed by atoms with Crippen LogP contribution in [0, 0.1) is 11.8 Å². The molecule has 1 N–H and O–H groups in total. The molecular formula is C15H18O2S. The molecule has 1 aromatic rings. The third-order valence-corrected chi connectivity index (χ3v) is 3.35. The van der Waals surface area contributed by atoms with E-state index in [1.54, 1.807) is 6.08 Å². The largest absolute Gasteiger partial charge is 0.478 e. The maximum absolute atomic E-state index is 10.4. The Morgan fingerprint density at radius 2 is 2.22 bits per heavy atom. The van der Waals surface area contributed by atoms with Crippen LogP contribution in [0.15, 0.2) is 18.2 Å². The summed E-state index contributed by atoms with van der Waals surface area (Å²) in [6.07, 6.45) is 8.63. The average Bonchev–Trinajstić information content (AvgIpc) is 2.79. The van der Waals surface area contributed by atoms with Crippen LogP contribution in [0.4, 0.5) is 0 Å². The fraction of sp³-hybridized carbons (Fsp3) is 0.400. The highest BCUT2D eigenvalue weighted by molar-refractivity contribution is 7.13. The average molecular weight is 262 g/mol. The highest BCUT2D eigenvalue weighted by Crippen LogP contribution is 2.16. The van der Waals surface area contributed by atoms with Crippen LogP contribution in [-0.2, 0) is 4.79 Å². The number of hydrogen-bond donors (Lipinski definition) is 1. The molecule has 0 aliphatic rings. The Morgan fingerprint density at radius 3 is 2.94 bits per heavy atom. The SMILES string of the molecule is CCCCCCC#Cc1ccc(/C=C/C(=O)O)s1. The van der Waals surface area contributed by atoms with E-state index in [4.69, 9.17) is 5.11 Å². The predicted octanol–water partition coefficient (Wildman–Crippen LogP) is 4.17. The molecule has 0 amide bonds. The molecule has 0 saturated heterocycles. The quantitative estimate of drug-likeness (QED) is 0.474. The molecule has 0 aliphatic carbocycles. The Balaban J connectivity index is 2.39. The molecule has 2 nitrogen and oxygen atoms in total. The number of carbonyl (C=O) groups is 1. The van der Waals surface area contributed by atoms with Gasteiger partial charge >= 0.3 is 5.97 Å². The molecular weight excluding hydrogens is 244 g/mol. The lowest BCUT2D eigenvalue weighted by molar-refractivity contribution is -0.131. The molecule has 0 aliphatic heterocycles. The zero-order valence-corrected chi connectivity index (χ0v) is 11.4. The van der Waals surface area contributed by atoms with Crippen LogP contribution in [0.2, 0.25) is 0 Å². The Kier molecular flexibility index (Phi) is 6.90. The van der Waals surface area contributed by atoms with Crippen LogP contribution in [-0.4, -0.2) is 11.1 Å². The zero-order valence-electron chi connectivity index (χ0n) is 10.6. The first-order chi connectivity index (χ1) is 8.72. The summed E-state index contributed by atoms with van der Waals surface area (Å²) in [5, 5.41) is 8.52. The van der Waals surface area contributed by atoms with E-state index < -0.39 is 5.97 Å². The minimum Gasteiger partial charge on any atom is -0.478 e. The number of aliphatic carboxylic acids is 1. The highest BCUT2D eigenvalue weighted by Gasteiger charge is 1.94. The first kappa shape index (κ1) is 14.5. The van der Waals surface area contributed by atoms with E-state index in [-0.39, 0.29) is 0 Å². The van der Waals surface area contributed by atoms with Gasteiger partial charge in [0.15, 0.2) is 0 Å². The van der Waals surface area contributed by atoms with Crippen LogP contribution in [0.25, 0.3) is 6.08 Å². The third-order valence-electron chi connectivity index (χ3n) is 2.38. The lowest BCUT2D eigenvalue weighted by Crippen LogP contribution is -1.84. The van der Waals surface area contributed by atoms with Gasteiger partial charge in [-0.15, -0.1) is 11.3 Å². The Hall–Kier alpha value is -1.53. The van der Waals surface area contributed by atoms with Gasteiger partial charge in [0, 0.05) is 17.4 Å². The summed E-state index contributed by atoms with van der Waals surface area (Å²) in [5.74, 6) is 5.35. The molecule has 1 rings (SSSR count). The van der Waals surface area contributed by atoms with E-state index >= 15 is 0 Å². The molecule has 96 valence electrons. The van der Waals surface area contributed by atoms with E-state index in [0.717, 1.165) is 28.7 Å². The van der Waals surface area contributed by atoms with Gasteiger partial charge in [0.05, 0.1) is 4.88 Å². The summed E-state index contributed by atoms with van der Waals surface area (Å²) in [6.45, 7) is 2.20. The number of unbranched alkanes of at least 4 members (excludes halogenated alkanes) is 4. The second-order valence-electron chi connectivity index (χ2n) is 3.99. The molecule has 0 fully saturated rings. The van der Waals surface area contributed by atoms with Crippen molar-refractivity contribution in [3.8, 4) is 11.8 Å². The maximum atomic E-state index is 10.4. The van der Waals surface area contributed by atoms with Gasteiger partial charge < -0.3 is 5.11 Å². The van der Waals surface area contributed by atoms with E-state index in [9.17, 15) is 4.79 Å². The van der Waals surface area contributed by atoms with Gasteiger partial charge in [-0.1, -0.05) is 38.0 Å². The predicted molar refractivity (Wildman–Crippen MR) is 76.6 cm³/mol. The summed E-state index contributed by atoms with van der Waals surface area (Å²) in [5.41, 5.74) is 0. The minimum absolute atomic E-state index is 0.924. The van der Waals surface area contributed by atoms with Gasteiger partial charge in [0.1, 0.15) is 0 Å². The summed E-state index contributed by atoms with van der Waals surface area (Å²) < 4.78 is 0. The second kappa shape index (κ2) is 8.54. The normalized spacial score (nSPS) is 10.3. The van der Waals surface area contributed by atoms with Crippen LogP contribution in [0.5, 0.6) is 0 Å². The number of hydrogen-bond acceptors (Lipinski definition) is 2. The van der Waals surface area contributed by atoms with Gasteiger partial charge in [-0.2, -0.15) is 0 Å². The van der Waals surface area contributed by atoms with Gasteiger partial charge in [-0.25, -0.2) is 4.79 Å². The number of carboxylic acid groups (broad SMARTS) is 1. The van der Waals surface area contributed by atoms with Crippen molar-refractivity contribution in [2.45, 2.75) is 39.0 Å². The first-order valence-electron chi connectivity index (χ1n) is 6.22. The Bertz CT molecular complexity index is 460.